The minimum atomic E-state index is -0.469. The summed E-state index contributed by atoms with van der Waals surface area (Å²) in [6.07, 6.45) is 1.72. The van der Waals surface area contributed by atoms with E-state index in [1.54, 1.807) is 0 Å². The monoisotopic (exact) mass is 336 g/mol. The number of carbonyl (C=O) groups excluding carboxylic acids is 1. The molecule has 1 aliphatic heterocycles. The number of hydrogen-bond acceptors (Lipinski definition) is 3. The van der Waals surface area contributed by atoms with Gasteiger partial charge in [-0.1, -0.05) is 12.1 Å². The van der Waals surface area contributed by atoms with Gasteiger partial charge in [-0.15, -0.1) is 0 Å². The van der Waals surface area contributed by atoms with Gasteiger partial charge in [0, 0.05) is 19.1 Å². The zero-order chi connectivity index (χ0) is 17.7. The number of likely N-dealkylation sites (tertiary alicyclic amines) is 1. The molecule has 1 N–H and O–H groups in total. The van der Waals surface area contributed by atoms with Crippen molar-refractivity contribution in [1.29, 1.82) is 0 Å². The lowest BCUT2D eigenvalue weighted by molar-refractivity contribution is 0.0502. The van der Waals surface area contributed by atoms with Gasteiger partial charge in [0.15, 0.2) is 0 Å². The fourth-order valence-corrected chi connectivity index (χ4v) is 3.16. The molecule has 24 heavy (non-hydrogen) atoms. The van der Waals surface area contributed by atoms with Crippen molar-refractivity contribution in [3.8, 4) is 0 Å². The third-order valence-corrected chi connectivity index (χ3v) is 4.14. The minimum absolute atomic E-state index is 0.0932. The first-order valence-electron chi connectivity index (χ1n) is 8.67. The maximum absolute atomic E-state index is 13.0. The standard InChI is InChI=1S/C19H29FN2O2/c1-14(21-18(23)24-19(2,3)4)11-16-9-10-22(13-16)12-15-5-7-17(20)8-6-15/h5-8,14,16H,9-13H2,1-4H3,(H,21,23). The van der Waals surface area contributed by atoms with Crippen molar-refractivity contribution in [2.45, 2.75) is 58.7 Å². The molecule has 0 saturated carbocycles. The van der Waals surface area contributed by atoms with Crippen molar-refractivity contribution in [3.05, 3.63) is 35.6 Å². The van der Waals surface area contributed by atoms with Crippen molar-refractivity contribution in [2.75, 3.05) is 13.1 Å². The van der Waals surface area contributed by atoms with E-state index < -0.39 is 5.60 Å². The first kappa shape index (κ1) is 18.7. The summed E-state index contributed by atoms with van der Waals surface area (Å²) in [7, 11) is 0. The van der Waals surface area contributed by atoms with Crippen LogP contribution in [0.2, 0.25) is 0 Å². The maximum atomic E-state index is 13.0. The van der Waals surface area contributed by atoms with Crippen LogP contribution in [0.25, 0.3) is 0 Å². The summed E-state index contributed by atoms with van der Waals surface area (Å²) in [4.78, 5) is 14.2. The Bertz CT molecular complexity index is 539. The number of amides is 1. The second-order valence-electron chi connectivity index (χ2n) is 7.80. The third-order valence-electron chi connectivity index (χ3n) is 4.14. The Morgan fingerprint density at radius 2 is 2.04 bits per heavy atom. The van der Waals surface area contributed by atoms with Crippen LogP contribution >= 0.6 is 0 Å². The van der Waals surface area contributed by atoms with E-state index in [0.29, 0.717) is 5.92 Å². The van der Waals surface area contributed by atoms with Crippen molar-refractivity contribution in [3.63, 3.8) is 0 Å². The molecule has 1 fully saturated rings. The SMILES string of the molecule is CC(CC1CCN(Cc2ccc(F)cc2)C1)NC(=O)OC(C)(C)C. The van der Waals surface area contributed by atoms with Gasteiger partial charge in [-0.3, -0.25) is 4.90 Å². The second kappa shape index (κ2) is 7.97. The molecule has 0 aromatic heterocycles. The predicted octanol–water partition coefficient (Wildman–Crippen LogP) is 3.95. The van der Waals surface area contributed by atoms with E-state index in [-0.39, 0.29) is 18.0 Å². The van der Waals surface area contributed by atoms with E-state index in [4.69, 9.17) is 4.74 Å². The van der Waals surface area contributed by atoms with Crippen LogP contribution in [0.15, 0.2) is 24.3 Å². The zero-order valence-corrected chi connectivity index (χ0v) is 15.1. The summed E-state index contributed by atoms with van der Waals surface area (Å²) in [5.74, 6) is 0.371. The highest BCUT2D eigenvalue weighted by atomic mass is 19.1. The number of ether oxygens (including phenoxy) is 1. The molecule has 4 nitrogen and oxygen atoms in total. The number of hydrogen-bond donors (Lipinski definition) is 1. The van der Waals surface area contributed by atoms with E-state index in [1.807, 2.05) is 39.8 Å². The van der Waals surface area contributed by atoms with Crippen LogP contribution in [0.5, 0.6) is 0 Å². The van der Waals surface area contributed by atoms with Crippen LogP contribution in [-0.2, 0) is 11.3 Å². The van der Waals surface area contributed by atoms with Crippen LogP contribution in [0.3, 0.4) is 0 Å². The number of rotatable bonds is 5. The zero-order valence-electron chi connectivity index (χ0n) is 15.1. The smallest absolute Gasteiger partial charge is 0.407 e. The van der Waals surface area contributed by atoms with E-state index in [2.05, 4.69) is 10.2 Å². The quantitative estimate of drug-likeness (QED) is 0.885. The largest absolute Gasteiger partial charge is 0.444 e. The van der Waals surface area contributed by atoms with E-state index in [1.165, 1.54) is 12.1 Å². The highest BCUT2D eigenvalue weighted by Crippen LogP contribution is 2.23. The van der Waals surface area contributed by atoms with E-state index in [9.17, 15) is 9.18 Å². The summed E-state index contributed by atoms with van der Waals surface area (Å²) in [5, 5.41) is 2.91. The van der Waals surface area contributed by atoms with Gasteiger partial charge >= 0.3 is 6.09 Å². The van der Waals surface area contributed by atoms with Gasteiger partial charge in [0.05, 0.1) is 0 Å². The molecular formula is C19H29FN2O2. The topological polar surface area (TPSA) is 41.6 Å². The van der Waals surface area contributed by atoms with Crippen LogP contribution in [0, 0.1) is 11.7 Å². The van der Waals surface area contributed by atoms with Gasteiger partial charge in [0.2, 0.25) is 0 Å². The van der Waals surface area contributed by atoms with Crippen LogP contribution in [-0.4, -0.2) is 35.7 Å². The highest BCUT2D eigenvalue weighted by molar-refractivity contribution is 5.68. The third kappa shape index (κ3) is 6.48. The summed E-state index contributed by atoms with van der Waals surface area (Å²) in [6, 6.07) is 6.80. The Balaban J connectivity index is 1.73. The average Bonchev–Trinajstić information content (AvgIpc) is 2.86. The molecule has 1 aromatic carbocycles. The first-order chi connectivity index (χ1) is 11.2. The molecule has 1 aliphatic rings. The number of nitrogens with zero attached hydrogens (tertiary/aromatic N) is 1. The average molecular weight is 336 g/mol. The van der Waals surface area contributed by atoms with Crippen LogP contribution in [0.1, 0.15) is 46.1 Å². The Morgan fingerprint density at radius 3 is 2.67 bits per heavy atom. The summed E-state index contributed by atoms with van der Waals surface area (Å²) >= 11 is 0. The Morgan fingerprint density at radius 1 is 1.38 bits per heavy atom. The molecular weight excluding hydrogens is 307 g/mol. The minimum Gasteiger partial charge on any atom is -0.444 e. The normalized spacial score (nSPS) is 20.0. The molecule has 0 radical (unpaired) electrons. The molecule has 1 saturated heterocycles. The van der Waals surface area contributed by atoms with Gasteiger partial charge in [-0.2, -0.15) is 0 Å². The molecule has 0 spiro atoms. The number of nitrogens with one attached hydrogen (secondary N) is 1. The lowest BCUT2D eigenvalue weighted by Crippen LogP contribution is -2.38. The predicted molar refractivity (Wildman–Crippen MR) is 93.2 cm³/mol. The number of alkyl carbamates (subject to hydrolysis) is 1. The van der Waals surface area contributed by atoms with Gasteiger partial charge in [-0.25, -0.2) is 9.18 Å². The molecule has 1 heterocycles. The lowest BCUT2D eigenvalue weighted by atomic mass is 10.0. The van der Waals surface area contributed by atoms with Crippen LogP contribution in [0.4, 0.5) is 9.18 Å². The Hall–Kier alpha value is -1.62. The fourth-order valence-electron chi connectivity index (χ4n) is 3.16. The van der Waals surface area contributed by atoms with Gasteiger partial charge in [0.25, 0.3) is 0 Å². The highest BCUT2D eigenvalue weighted by Gasteiger charge is 2.25. The molecule has 134 valence electrons. The van der Waals surface area contributed by atoms with Crippen molar-refractivity contribution < 1.29 is 13.9 Å². The summed E-state index contributed by atoms with van der Waals surface area (Å²) < 4.78 is 18.2. The van der Waals surface area contributed by atoms with Gasteiger partial charge in [-0.05, 0) is 70.7 Å². The molecule has 2 atom stereocenters. The number of carbonyl (C=O) groups is 1. The van der Waals surface area contributed by atoms with Crippen molar-refractivity contribution >= 4 is 6.09 Å². The molecule has 0 aliphatic carbocycles. The van der Waals surface area contributed by atoms with Gasteiger partial charge < -0.3 is 10.1 Å². The summed E-state index contributed by atoms with van der Waals surface area (Å²) in [5.41, 5.74) is 0.667. The van der Waals surface area contributed by atoms with Gasteiger partial charge in [0.1, 0.15) is 11.4 Å². The molecule has 1 amide bonds. The first-order valence-corrected chi connectivity index (χ1v) is 8.67. The molecule has 5 heteroatoms. The Labute approximate surface area is 144 Å². The Kier molecular flexibility index (Phi) is 6.21. The van der Waals surface area contributed by atoms with E-state index in [0.717, 1.165) is 38.0 Å². The lowest BCUT2D eigenvalue weighted by Gasteiger charge is -2.23. The molecule has 2 rings (SSSR count). The number of benzene rings is 1. The molecule has 2 unspecified atom stereocenters. The van der Waals surface area contributed by atoms with Crippen LogP contribution < -0.4 is 5.32 Å². The fraction of sp³-hybridized carbons (Fsp3) is 0.632. The molecule has 1 aromatic rings. The molecule has 0 bridgehead atoms. The van der Waals surface area contributed by atoms with Crippen molar-refractivity contribution in [1.82, 2.24) is 10.2 Å². The van der Waals surface area contributed by atoms with E-state index >= 15 is 0 Å². The summed E-state index contributed by atoms with van der Waals surface area (Å²) in [6.45, 7) is 10.5. The number of halogens is 1. The van der Waals surface area contributed by atoms with Crippen molar-refractivity contribution in [2.24, 2.45) is 5.92 Å². The maximum Gasteiger partial charge on any atom is 0.407 e. The second-order valence-corrected chi connectivity index (χ2v) is 7.80.